The lowest BCUT2D eigenvalue weighted by molar-refractivity contribution is 0.0691. The molecule has 0 aliphatic rings. The summed E-state index contributed by atoms with van der Waals surface area (Å²) >= 11 is 0. The Morgan fingerprint density at radius 3 is 2.43 bits per heavy atom. The highest BCUT2D eigenvalue weighted by Gasteiger charge is 2.21. The lowest BCUT2D eigenvalue weighted by Crippen LogP contribution is -2.26. The van der Waals surface area contributed by atoms with Gasteiger partial charge in [-0.3, -0.25) is 0 Å². The van der Waals surface area contributed by atoms with E-state index in [2.05, 4.69) is 9.71 Å². The smallest absolute Gasteiger partial charge is 0.352 e. The highest BCUT2D eigenvalue weighted by Crippen LogP contribution is 2.18. The number of rotatable bonds is 5. The molecule has 1 heterocycles. The lowest BCUT2D eigenvalue weighted by Gasteiger charge is -2.14. The van der Waals surface area contributed by atoms with Gasteiger partial charge in [-0.25, -0.2) is 17.9 Å². The first-order valence-electron chi connectivity index (χ1n) is 6.30. The molecule has 0 aliphatic heterocycles. The van der Waals surface area contributed by atoms with Gasteiger partial charge in [-0.1, -0.05) is 29.8 Å². The number of hydrogen-bond acceptors (Lipinski definition) is 3. The normalized spacial score (nSPS) is 13.0. The molecule has 0 aliphatic carbocycles. The van der Waals surface area contributed by atoms with E-state index in [1.165, 1.54) is 0 Å². The second-order valence-corrected chi connectivity index (χ2v) is 6.52. The monoisotopic (exact) mass is 308 g/mol. The molecule has 112 valence electrons. The predicted octanol–water partition coefficient (Wildman–Crippen LogP) is 2.06. The number of nitrogens with one attached hydrogen (secondary N) is 2. The molecular weight excluding hydrogens is 292 g/mol. The van der Waals surface area contributed by atoms with Crippen molar-refractivity contribution < 1.29 is 18.3 Å². The van der Waals surface area contributed by atoms with E-state index in [0.717, 1.165) is 23.4 Å². The quantitative estimate of drug-likeness (QED) is 0.787. The Morgan fingerprint density at radius 2 is 1.90 bits per heavy atom. The molecule has 0 bridgehead atoms. The van der Waals surface area contributed by atoms with E-state index in [1.54, 1.807) is 6.92 Å². The highest BCUT2D eigenvalue weighted by molar-refractivity contribution is 7.89. The minimum atomic E-state index is -3.78. The molecule has 3 N–H and O–H groups in total. The van der Waals surface area contributed by atoms with Gasteiger partial charge in [0.05, 0.1) is 0 Å². The van der Waals surface area contributed by atoms with Gasteiger partial charge in [0.15, 0.2) is 0 Å². The molecule has 1 atom stereocenters. The number of aryl methyl sites for hydroxylation is 1. The summed E-state index contributed by atoms with van der Waals surface area (Å²) in [4.78, 5) is 13.1. The first-order valence-corrected chi connectivity index (χ1v) is 7.78. The number of aromatic carboxylic acids is 1. The van der Waals surface area contributed by atoms with Crippen molar-refractivity contribution in [3.63, 3.8) is 0 Å². The molecular formula is C14H16N2O4S. The maximum Gasteiger partial charge on any atom is 0.352 e. The Hall–Kier alpha value is -2.12. The van der Waals surface area contributed by atoms with Gasteiger partial charge in [-0.2, -0.15) is 0 Å². The van der Waals surface area contributed by atoms with E-state index in [0.29, 0.717) is 0 Å². The van der Waals surface area contributed by atoms with E-state index in [9.17, 15) is 13.2 Å². The first kappa shape index (κ1) is 15.3. The number of H-pyrrole nitrogens is 1. The van der Waals surface area contributed by atoms with Gasteiger partial charge >= 0.3 is 5.97 Å². The summed E-state index contributed by atoms with van der Waals surface area (Å²) in [6.07, 6.45) is 1.16. The molecule has 2 rings (SSSR count). The molecule has 1 aromatic heterocycles. The molecule has 7 heteroatoms. The van der Waals surface area contributed by atoms with Crippen molar-refractivity contribution >= 4 is 16.0 Å². The third-order valence-electron chi connectivity index (χ3n) is 3.11. The van der Waals surface area contributed by atoms with Crippen molar-refractivity contribution in [3.05, 3.63) is 53.3 Å². The van der Waals surface area contributed by atoms with E-state index >= 15 is 0 Å². The van der Waals surface area contributed by atoms with Gasteiger partial charge in [0.25, 0.3) is 0 Å². The number of carbonyl (C=O) groups is 1. The third-order valence-corrected chi connectivity index (χ3v) is 4.63. The zero-order chi connectivity index (χ0) is 15.6. The van der Waals surface area contributed by atoms with Crippen molar-refractivity contribution in [1.82, 2.24) is 9.71 Å². The van der Waals surface area contributed by atoms with Crippen LogP contribution in [0.3, 0.4) is 0 Å². The Labute approximate surface area is 122 Å². The summed E-state index contributed by atoms with van der Waals surface area (Å²) in [6.45, 7) is 3.68. The van der Waals surface area contributed by atoms with Gasteiger partial charge in [0.2, 0.25) is 10.0 Å². The predicted molar refractivity (Wildman–Crippen MR) is 77.7 cm³/mol. The zero-order valence-corrected chi connectivity index (χ0v) is 12.4. The fourth-order valence-electron chi connectivity index (χ4n) is 1.88. The SMILES string of the molecule is Cc1ccc(C(C)NS(=O)(=O)c2c[nH]c(C(=O)O)c2)cc1. The van der Waals surface area contributed by atoms with Crippen molar-refractivity contribution in [2.24, 2.45) is 0 Å². The van der Waals surface area contributed by atoms with Crippen molar-refractivity contribution in [2.75, 3.05) is 0 Å². The van der Waals surface area contributed by atoms with Crippen LogP contribution in [0.2, 0.25) is 0 Å². The van der Waals surface area contributed by atoms with Crippen LogP contribution in [0, 0.1) is 6.92 Å². The average Bonchev–Trinajstić information content (AvgIpc) is 2.89. The summed E-state index contributed by atoms with van der Waals surface area (Å²) in [5.41, 5.74) is 1.75. The van der Waals surface area contributed by atoms with Crippen LogP contribution < -0.4 is 4.72 Å². The Kier molecular flexibility index (Phi) is 4.15. The fraction of sp³-hybridized carbons (Fsp3) is 0.214. The van der Waals surface area contributed by atoms with Crippen LogP contribution in [-0.2, 0) is 10.0 Å². The van der Waals surface area contributed by atoms with Gasteiger partial charge in [0, 0.05) is 12.2 Å². The molecule has 0 saturated carbocycles. The number of carboxylic acid groups (broad SMARTS) is 1. The Balaban J connectivity index is 2.20. The number of aromatic amines is 1. The van der Waals surface area contributed by atoms with Gasteiger partial charge in [0.1, 0.15) is 10.6 Å². The third kappa shape index (κ3) is 3.50. The van der Waals surface area contributed by atoms with E-state index < -0.39 is 22.0 Å². The molecule has 2 aromatic rings. The molecule has 0 radical (unpaired) electrons. The van der Waals surface area contributed by atoms with Crippen LogP contribution in [0.1, 0.15) is 34.6 Å². The van der Waals surface area contributed by atoms with Gasteiger partial charge < -0.3 is 10.1 Å². The summed E-state index contributed by atoms with van der Waals surface area (Å²) < 4.78 is 26.9. The number of sulfonamides is 1. The van der Waals surface area contributed by atoms with Crippen molar-refractivity contribution in [1.29, 1.82) is 0 Å². The molecule has 6 nitrogen and oxygen atoms in total. The first-order chi connectivity index (χ1) is 9.79. The Morgan fingerprint density at radius 1 is 1.29 bits per heavy atom. The minimum absolute atomic E-state index is 0.0983. The molecule has 21 heavy (non-hydrogen) atoms. The van der Waals surface area contributed by atoms with Crippen molar-refractivity contribution in [2.45, 2.75) is 24.8 Å². The maximum absolute atomic E-state index is 12.2. The second-order valence-electron chi connectivity index (χ2n) is 4.81. The number of carboxylic acids is 1. The molecule has 0 amide bonds. The van der Waals surface area contributed by atoms with Crippen LogP contribution in [0.4, 0.5) is 0 Å². The number of hydrogen-bond donors (Lipinski definition) is 3. The number of aromatic nitrogens is 1. The van der Waals surface area contributed by atoms with E-state index in [1.807, 2.05) is 31.2 Å². The standard InChI is InChI=1S/C14H16N2O4S/c1-9-3-5-11(6-4-9)10(2)16-21(19,20)12-7-13(14(17)18)15-8-12/h3-8,10,15-16H,1-2H3,(H,17,18). The van der Waals surface area contributed by atoms with E-state index in [-0.39, 0.29) is 10.6 Å². The molecule has 0 fully saturated rings. The summed E-state index contributed by atoms with van der Waals surface area (Å²) in [5, 5.41) is 8.80. The fourth-order valence-corrected chi connectivity index (χ4v) is 3.10. The topological polar surface area (TPSA) is 99.3 Å². The maximum atomic E-state index is 12.2. The summed E-state index contributed by atoms with van der Waals surface area (Å²) in [7, 11) is -3.78. The number of benzene rings is 1. The summed E-state index contributed by atoms with van der Waals surface area (Å²) in [6, 6.07) is 8.17. The van der Waals surface area contributed by atoms with Crippen LogP contribution in [0.5, 0.6) is 0 Å². The minimum Gasteiger partial charge on any atom is -0.477 e. The lowest BCUT2D eigenvalue weighted by atomic mass is 10.1. The van der Waals surface area contributed by atoms with Crippen molar-refractivity contribution in [3.8, 4) is 0 Å². The van der Waals surface area contributed by atoms with Crippen LogP contribution in [0.15, 0.2) is 41.4 Å². The largest absolute Gasteiger partial charge is 0.477 e. The van der Waals surface area contributed by atoms with E-state index in [4.69, 9.17) is 5.11 Å². The zero-order valence-electron chi connectivity index (χ0n) is 11.6. The second kappa shape index (κ2) is 5.71. The molecule has 0 saturated heterocycles. The van der Waals surface area contributed by atoms with Crippen LogP contribution in [0.25, 0.3) is 0 Å². The average molecular weight is 308 g/mol. The Bertz CT molecular complexity index is 748. The van der Waals surface area contributed by atoms with Gasteiger partial charge in [-0.15, -0.1) is 0 Å². The van der Waals surface area contributed by atoms with Crippen LogP contribution in [-0.4, -0.2) is 24.5 Å². The highest BCUT2D eigenvalue weighted by atomic mass is 32.2. The molecule has 1 aromatic carbocycles. The van der Waals surface area contributed by atoms with Crippen LogP contribution >= 0.6 is 0 Å². The van der Waals surface area contributed by atoms with Gasteiger partial charge in [-0.05, 0) is 25.5 Å². The molecule has 1 unspecified atom stereocenters. The molecule has 0 spiro atoms. The summed E-state index contributed by atoms with van der Waals surface area (Å²) in [5.74, 6) is -1.21.